The molecule has 0 saturated carbocycles. The molecular weight excluding hydrogens is 232 g/mol. The molecule has 5 heteroatoms. The Hall–Kier alpha value is -1.75. The van der Waals surface area contributed by atoms with Gasteiger partial charge in [0.05, 0.1) is 0 Å². The minimum atomic E-state index is 0.780. The number of benzene rings is 1. The maximum atomic E-state index is 4.17. The summed E-state index contributed by atoms with van der Waals surface area (Å²) < 4.78 is 0. The molecule has 2 N–H and O–H groups in total. The van der Waals surface area contributed by atoms with Gasteiger partial charge in [-0.15, -0.1) is 11.8 Å². The molecule has 0 aliphatic rings. The van der Waals surface area contributed by atoms with Gasteiger partial charge < -0.3 is 10.6 Å². The Labute approximate surface area is 105 Å². The van der Waals surface area contributed by atoms with Crippen molar-refractivity contribution in [1.82, 2.24) is 9.97 Å². The Kier molecular flexibility index (Phi) is 3.82. The second-order valence-electron chi connectivity index (χ2n) is 3.40. The van der Waals surface area contributed by atoms with E-state index in [0.717, 1.165) is 17.3 Å². The van der Waals surface area contributed by atoms with Crippen LogP contribution in [0.3, 0.4) is 0 Å². The molecule has 4 nitrogen and oxygen atoms in total. The monoisotopic (exact) mass is 246 g/mol. The predicted molar refractivity (Wildman–Crippen MR) is 73.1 cm³/mol. The molecule has 0 bridgehead atoms. The molecule has 2 rings (SSSR count). The van der Waals surface area contributed by atoms with Gasteiger partial charge in [0, 0.05) is 23.7 Å². The highest BCUT2D eigenvalue weighted by molar-refractivity contribution is 7.98. The van der Waals surface area contributed by atoms with Crippen molar-refractivity contribution in [3.8, 4) is 0 Å². The van der Waals surface area contributed by atoms with E-state index in [1.165, 1.54) is 11.2 Å². The van der Waals surface area contributed by atoms with Crippen molar-refractivity contribution in [3.63, 3.8) is 0 Å². The Morgan fingerprint density at radius 2 is 1.94 bits per heavy atom. The number of anilines is 3. The third-order valence-corrected chi connectivity index (χ3v) is 2.99. The zero-order valence-electron chi connectivity index (χ0n) is 9.77. The Morgan fingerprint density at radius 1 is 1.12 bits per heavy atom. The van der Waals surface area contributed by atoms with E-state index >= 15 is 0 Å². The van der Waals surface area contributed by atoms with Crippen LogP contribution in [-0.2, 0) is 0 Å². The Morgan fingerprint density at radius 3 is 2.71 bits per heavy atom. The highest BCUT2D eigenvalue weighted by Crippen LogP contribution is 2.21. The van der Waals surface area contributed by atoms with Crippen LogP contribution in [0.5, 0.6) is 0 Å². The number of hydrogen-bond acceptors (Lipinski definition) is 5. The minimum absolute atomic E-state index is 0.780. The van der Waals surface area contributed by atoms with Gasteiger partial charge in [-0.25, -0.2) is 9.97 Å². The third-order valence-electron chi connectivity index (χ3n) is 2.27. The first kappa shape index (κ1) is 11.7. The Bertz CT molecular complexity index is 456. The quantitative estimate of drug-likeness (QED) is 0.812. The molecule has 1 heterocycles. The molecule has 88 valence electrons. The number of hydrogen-bond donors (Lipinski definition) is 2. The van der Waals surface area contributed by atoms with Crippen molar-refractivity contribution in [2.45, 2.75) is 4.90 Å². The van der Waals surface area contributed by atoms with E-state index in [4.69, 9.17) is 0 Å². The van der Waals surface area contributed by atoms with Gasteiger partial charge in [0.25, 0.3) is 0 Å². The first-order valence-corrected chi connectivity index (χ1v) is 6.45. The van der Waals surface area contributed by atoms with Gasteiger partial charge in [-0.3, -0.25) is 0 Å². The SMILES string of the molecule is CNc1cc(Nc2cccc(SC)c2)ncn1. The standard InChI is InChI=1S/C12H14N4S/c1-13-11-7-12(15-8-14-11)16-9-4-3-5-10(6-9)17-2/h3-8H,1-2H3,(H2,13,14,15,16). The molecule has 0 atom stereocenters. The van der Waals surface area contributed by atoms with E-state index < -0.39 is 0 Å². The van der Waals surface area contributed by atoms with E-state index in [1.807, 2.05) is 25.2 Å². The largest absolute Gasteiger partial charge is 0.373 e. The number of rotatable bonds is 4. The summed E-state index contributed by atoms with van der Waals surface area (Å²) in [6, 6.07) is 10.1. The highest BCUT2D eigenvalue weighted by Gasteiger charge is 1.99. The van der Waals surface area contributed by atoms with Gasteiger partial charge in [-0.05, 0) is 24.5 Å². The summed E-state index contributed by atoms with van der Waals surface area (Å²) >= 11 is 1.72. The number of nitrogens with zero attached hydrogens (tertiary/aromatic N) is 2. The van der Waals surface area contributed by atoms with Crippen LogP contribution in [0.2, 0.25) is 0 Å². The number of nitrogens with one attached hydrogen (secondary N) is 2. The molecule has 0 unspecified atom stereocenters. The topological polar surface area (TPSA) is 49.8 Å². The molecule has 0 fully saturated rings. The maximum Gasteiger partial charge on any atom is 0.135 e. The van der Waals surface area contributed by atoms with Gasteiger partial charge in [0.1, 0.15) is 18.0 Å². The molecule has 0 saturated heterocycles. The zero-order chi connectivity index (χ0) is 12.1. The van der Waals surface area contributed by atoms with Crippen molar-refractivity contribution in [1.29, 1.82) is 0 Å². The average molecular weight is 246 g/mol. The highest BCUT2D eigenvalue weighted by atomic mass is 32.2. The lowest BCUT2D eigenvalue weighted by molar-refractivity contribution is 1.16. The smallest absolute Gasteiger partial charge is 0.135 e. The van der Waals surface area contributed by atoms with Gasteiger partial charge in [-0.2, -0.15) is 0 Å². The van der Waals surface area contributed by atoms with Crippen LogP contribution in [0.1, 0.15) is 0 Å². The molecule has 17 heavy (non-hydrogen) atoms. The van der Waals surface area contributed by atoms with Crippen LogP contribution in [0, 0.1) is 0 Å². The fourth-order valence-electron chi connectivity index (χ4n) is 1.41. The molecule has 0 aliphatic carbocycles. The maximum absolute atomic E-state index is 4.17. The normalized spacial score (nSPS) is 10.0. The summed E-state index contributed by atoms with van der Waals surface area (Å²) in [4.78, 5) is 9.46. The lowest BCUT2D eigenvalue weighted by Gasteiger charge is -2.07. The van der Waals surface area contributed by atoms with Crippen LogP contribution in [0.15, 0.2) is 41.6 Å². The van der Waals surface area contributed by atoms with Crippen LogP contribution in [0.25, 0.3) is 0 Å². The lowest BCUT2D eigenvalue weighted by atomic mass is 10.3. The first-order chi connectivity index (χ1) is 8.31. The average Bonchev–Trinajstić information content (AvgIpc) is 2.39. The molecule has 1 aromatic heterocycles. The first-order valence-electron chi connectivity index (χ1n) is 5.22. The number of aromatic nitrogens is 2. The summed E-state index contributed by atoms with van der Waals surface area (Å²) in [7, 11) is 1.83. The summed E-state index contributed by atoms with van der Waals surface area (Å²) in [5.41, 5.74) is 1.03. The molecule has 0 aliphatic heterocycles. The van der Waals surface area contributed by atoms with E-state index in [1.54, 1.807) is 11.8 Å². The third kappa shape index (κ3) is 3.10. The molecule has 0 spiro atoms. The van der Waals surface area contributed by atoms with E-state index in [-0.39, 0.29) is 0 Å². The predicted octanol–water partition coefficient (Wildman–Crippen LogP) is 2.98. The van der Waals surface area contributed by atoms with E-state index in [9.17, 15) is 0 Å². The summed E-state index contributed by atoms with van der Waals surface area (Å²) in [6.45, 7) is 0. The zero-order valence-corrected chi connectivity index (χ0v) is 10.6. The summed E-state index contributed by atoms with van der Waals surface area (Å²) in [5.74, 6) is 1.58. The fourth-order valence-corrected chi connectivity index (χ4v) is 1.87. The summed E-state index contributed by atoms with van der Waals surface area (Å²) in [5, 5.41) is 6.23. The van der Waals surface area contributed by atoms with Crippen LogP contribution in [0.4, 0.5) is 17.3 Å². The van der Waals surface area contributed by atoms with Crippen LogP contribution < -0.4 is 10.6 Å². The second-order valence-corrected chi connectivity index (χ2v) is 4.28. The van der Waals surface area contributed by atoms with Gasteiger partial charge in [0.2, 0.25) is 0 Å². The van der Waals surface area contributed by atoms with Crippen LogP contribution in [-0.4, -0.2) is 23.3 Å². The van der Waals surface area contributed by atoms with Gasteiger partial charge in [0.15, 0.2) is 0 Å². The fraction of sp³-hybridized carbons (Fsp3) is 0.167. The molecular formula is C12H14N4S. The lowest BCUT2D eigenvalue weighted by Crippen LogP contribution is -1.97. The Balaban J connectivity index is 2.18. The molecule has 0 amide bonds. The molecule has 0 radical (unpaired) electrons. The van der Waals surface area contributed by atoms with Crippen LogP contribution >= 0.6 is 11.8 Å². The van der Waals surface area contributed by atoms with Crippen molar-refractivity contribution in [2.24, 2.45) is 0 Å². The van der Waals surface area contributed by atoms with Crippen molar-refractivity contribution < 1.29 is 0 Å². The van der Waals surface area contributed by atoms with Gasteiger partial charge >= 0.3 is 0 Å². The second kappa shape index (κ2) is 5.54. The summed E-state index contributed by atoms with van der Waals surface area (Å²) in [6.07, 6.45) is 3.59. The minimum Gasteiger partial charge on any atom is -0.373 e. The number of thioether (sulfide) groups is 1. The van der Waals surface area contributed by atoms with Crippen molar-refractivity contribution >= 4 is 29.1 Å². The van der Waals surface area contributed by atoms with Crippen molar-refractivity contribution in [3.05, 3.63) is 36.7 Å². The molecule has 1 aromatic carbocycles. The van der Waals surface area contributed by atoms with Gasteiger partial charge in [-0.1, -0.05) is 6.07 Å². The van der Waals surface area contributed by atoms with Crippen molar-refractivity contribution in [2.75, 3.05) is 23.9 Å². The van der Waals surface area contributed by atoms with E-state index in [2.05, 4.69) is 39.0 Å². The van der Waals surface area contributed by atoms with E-state index in [0.29, 0.717) is 0 Å². The molecule has 2 aromatic rings.